The first-order chi connectivity index (χ1) is 14.5. The summed E-state index contributed by atoms with van der Waals surface area (Å²) in [6.45, 7) is 0.387. The van der Waals surface area contributed by atoms with Crippen molar-refractivity contribution in [1.82, 2.24) is 9.78 Å². The van der Waals surface area contributed by atoms with Gasteiger partial charge < -0.3 is 14.8 Å². The first kappa shape index (κ1) is 21.2. The zero-order valence-corrected chi connectivity index (χ0v) is 17.2. The minimum Gasteiger partial charge on any atom is -0.493 e. The maximum Gasteiger partial charge on any atom is 0.269 e. The van der Waals surface area contributed by atoms with Crippen molar-refractivity contribution in [2.75, 3.05) is 25.3 Å². The SMILES string of the molecule is COc1cccc(Cn2nccc2NC(=O)CSc2ccc([N+](=O)[O-])cc2)c1OC. The zero-order chi connectivity index (χ0) is 21.5. The summed E-state index contributed by atoms with van der Waals surface area (Å²) in [5.41, 5.74) is 0.872. The number of nitrogens with zero attached hydrogens (tertiary/aromatic N) is 3. The summed E-state index contributed by atoms with van der Waals surface area (Å²) in [7, 11) is 3.15. The van der Waals surface area contributed by atoms with E-state index in [4.69, 9.17) is 9.47 Å². The number of hydrogen-bond acceptors (Lipinski definition) is 7. The third-order valence-corrected chi connectivity index (χ3v) is 5.22. The predicted molar refractivity (Wildman–Crippen MR) is 113 cm³/mol. The number of anilines is 1. The lowest BCUT2D eigenvalue weighted by atomic mass is 10.2. The first-order valence-corrected chi connectivity index (χ1v) is 9.89. The third-order valence-electron chi connectivity index (χ3n) is 4.21. The van der Waals surface area contributed by atoms with E-state index < -0.39 is 4.92 Å². The average molecular weight is 428 g/mol. The standard InChI is InChI=1S/C20H20N4O5S/c1-28-17-5-3-4-14(20(17)29-2)12-23-18(10-11-21-23)22-19(25)13-30-16-8-6-15(7-9-16)24(26)27/h3-11H,12-13H2,1-2H3,(H,22,25). The predicted octanol–water partition coefficient (Wildman–Crippen LogP) is 3.59. The van der Waals surface area contributed by atoms with Gasteiger partial charge in [-0.05, 0) is 18.2 Å². The minimum atomic E-state index is -0.459. The molecule has 10 heteroatoms. The van der Waals surface area contributed by atoms with Crippen LogP contribution in [0.15, 0.2) is 59.6 Å². The smallest absolute Gasteiger partial charge is 0.269 e. The maximum atomic E-state index is 12.4. The van der Waals surface area contributed by atoms with Crippen LogP contribution in [0, 0.1) is 10.1 Å². The van der Waals surface area contributed by atoms with E-state index in [0.717, 1.165) is 10.5 Å². The number of methoxy groups -OCH3 is 2. The van der Waals surface area contributed by atoms with Crippen molar-refractivity contribution in [3.63, 3.8) is 0 Å². The number of carbonyl (C=O) groups excluding carboxylic acids is 1. The van der Waals surface area contributed by atoms with Gasteiger partial charge >= 0.3 is 0 Å². The Bertz CT molecular complexity index is 1040. The molecule has 0 radical (unpaired) electrons. The fourth-order valence-electron chi connectivity index (χ4n) is 2.80. The summed E-state index contributed by atoms with van der Waals surface area (Å²) in [4.78, 5) is 23.4. The van der Waals surface area contributed by atoms with Gasteiger partial charge in [0.15, 0.2) is 11.5 Å². The van der Waals surface area contributed by atoms with E-state index in [0.29, 0.717) is 23.9 Å². The van der Waals surface area contributed by atoms with Gasteiger partial charge in [0.1, 0.15) is 5.82 Å². The molecule has 0 aliphatic carbocycles. The van der Waals surface area contributed by atoms with E-state index >= 15 is 0 Å². The van der Waals surface area contributed by atoms with E-state index in [-0.39, 0.29) is 17.3 Å². The van der Waals surface area contributed by atoms with Crippen LogP contribution in [0.5, 0.6) is 11.5 Å². The number of non-ortho nitro benzene ring substituents is 1. The molecule has 0 aliphatic heterocycles. The van der Waals surface area contributed by atoms with Crippen LogP contribution in [-0.4, -0.2) is 40.6 Å². The minimum absolute atomic E-state index is 0.0145. The molecular formula is C20H20N4O5S. The number of thioether (sulfide) groups is 1. The molecule has 9 nitrogen and oxygen atoms in total. The normalized spacial score (nSPS) is 10.5. The highest BCUT2D eigenvalue weighted by Gasteiger charge is 2.14. The average Bonchev–Trinajstić information content (AvgIpc) is 3.18. The highest BCUT2D eigenvalue weighted by atomic mass is 32.2. The highest BCUT2D eigenvalue weighted by molar-refractivity contribution is 8.00. The van der Waals surface area contributed by atoms with Crippen LogP contribution in [0.4, 0.5) is 11.5 Å². The number of nitrogens with one attached hydrogen (secondary N) is 1. The summed E-state index contributed by atoms with van der Waals surface area (Å²) in [6, 6.07) is 13.3. The Morgan fingerprint density at radius 3 is 2.60 bits per heavy atom. The van der Waals surface area contributed by atoms with Gasteiger partial charge in [0.2, 0.25) is 5.91 Å². The molecule has 1 heterocycles. The van der Waals surface area contributed by atoms with Crippen LogP contribution in [0.25, 0.3) is 0 Å². The van der Waals surface area contributed by atoms with E-state index in [1.807, 2.05) is 18.2 Å². The second-order valence-corrected chi connectivity index (χ2v) is 7.16. The molecule has 30 heavy (non-hydrogen) atoms. The Labute approximate surface area is 177 Å². The number of nitro benzene ring substituents is 1. The lowest BCUT2D eigenvalue weighted by Crippen LogP contribution is -2.18. The molecule has 1 N–H and O–H groups in total. The van der Waals surface area contributed by atoms with Gasteiger partial charge in [-0.1, -0.05) is 12.1 Å². The quantitative estimate of drug-likeness (QED) is 0.315. The van der Waals surface area contributed by atoms with E-state index in [1.54, 1.807) is 43.3 Å². The van der Waals surface area contributed by atoms with Crippen molar-refractivity contribution >= 4 is 29.2 Å². The molecule has 0 unspecified atom stereocenters. The van der Waals surface area contributed by atoms with Crippen molar-refractivity contribution < 1.29 is 19.2 Å². The summed E-state index contributed by atoms with van der Waals surface area (Å²) in [6.07, 6.45) is 1.60. The number of para-hydroxylation sites is 1. The molecule has 1 aromatic heterocycles. The molecule has 3 aromatic rings. The number of rotatable bonds is 9. The Morgan fingerprint density at radius 1 is 1.17 bits per heavy atom. The summed E-state index contributed by atoms with van der Waals surface area (Å²) >= 11 is 1.29. The summed E-state index contributed by atoms with van der Waals surface area (Å²) < 4.78 is 12.4. The lowest BCUT2D eigenvalue weighted by Gasteiger charge is -2.14. The van der Waals surface area contributed by atoms with Crippen LogP contribution in [0.1, 0.15) is 5.56 Å². The van der Waals surface area contributed by atoms with E-state index in [1.165, 1.54) is 23.9 Å². The topological polar surface area (TPSA) is 109 Å². The van der Waals surface area contributed by atoms with Crippen molar-refractivity contribution in [1.29, 1.82) is 0 Å². The van der Waals surface area contributed by atoms with Crippen LogP contribution in [0.3, 0.4) is 0 Å². The molecule has 3 rings (SSSR count). The number of hydrogen-bond donors (Lipinski definition) is 1. The molecule has 0 fully saturated rings. The largest absolute Gasteiger partial charge is 0.493 e. The number of amides is 1. The molecule has 0 spiro atoms. The number of nitro groups is 1. The van der Waals surface area contributed by atoms with Crippen molar-refractivity contribution in [3.8, 4) is 11.5 Å². The molecule has 1 amide bonds. The molecular weight excluding hydrogens is 408 g/mol. The first-order valence-electron chi connectivity index (χ1n) is 8.90. The molecule has 156 valence electrons. The van der Waals surface area contributed by atoms with Gasteiger partial charge in [0.05, 0.1) is 37.6 Å². The van der Waals surface area contributed by atoms with Crippen molar-refractivity contribution in [2.24, 2.45) is 0 Å². The molecule has 0 atom stereocenters. The third kappa shape index (κ3) is 5.09. The monoisotopic (exact) mass is 428 g/mol. The van der Waals surface area contributed by atoms with Gasteiger partial charge in [-0.3, -0.25) is 14.9 Å². The second kappa shape index (κ2) is 9.79. The zero-order valence-electron chi connectivity index (χ0n) is 16.4. The van der Waals surface area contributed by atoms with Gasteiger partial charge in [0.25, 0.3) is 5.69 Å². The fourth-order valence-corrected chi connectivity index (χ4v) is 3.49. The molecule has 0 aliphatic rings. The van der Waals surface area contributed by atoms with Crippen molar-refractivity contribution in [3.05, 3.63) is 70.4 Å². The van der Waals surface area contributed by atoms with Gasteiger partial charge in [-0.25, -0.2) is 4.68 Å². The molecule has 0 saturated carbocycles. The van der Waals surface area contributed by atoms with Gasteiger partial charge in [0, 0.05) is 28.7 Å². The Kier molecular flexibility index (Phi) is 6.91. The fraction of sp³-hybridized carbons (Fsp3) is 0.200. The Hall–Kier alpha value is -3.53. The van der Waals surface area contributed by atoms with E-state index in [9.17, 15) is 14.9 Å². The van der Waals surface area contributed by atoms with Crippen LogP contribution in [0.2, 0.25) is 0 Å². The van der Waals surface area contributed by atoms with Crippen LogP contribution >= 0.6 is 11.8 Å². The van der Waals surface area contributed by atoms with E-state index in [2.05, 4.69) is 10.4 Å². The molecule has 0 bridgehead atoms. The van der Waals surface area contributed by atoms with Crippen LogP contribution < -0.4 is 14.8 Å². The van der Waals surface area contributed by atoms with Crippen molar-refractivity contribution in [2.45, 2.75) is 11.4 Å². The second-order valence-electron chi connectivity index (χ2n) is 6.11. The lowest BCUT2D eigenvalue weighted by molar-refractivity contribution is -0.384. The Balaban J connectivity index is 1.63. The van der Waals surface area contributed by atoms with Crippen LogP contribution in [-0.2, 0) is 11.3 Å². The molecule has 2 aromatic carbocycles. The summed E-state index contributed by atoms with van der Waals surface area (Å²) in [5.74, 6) is 1.73. The number of ether oxygens (including phenoxy) is 2. The number of aromatic nitrogens is 2. The number of carbonyl (C=O) groups is 1. The Morgan fingerprint density at radius 2 is 1.93 bits per heavy atom. The van der Waals surface area contributed by atoms with Gasteiger partial charge in [-0.2, -0.15) is 5.10 Å². The summed E-state index contributed by atoms with van der Waals surface area (Å²) in [5, 5.41) is 17.8. The number of benzene rings is 2. The maximum absolute atomic E-state index is 12.4. The highest BCUT2D eigenvalue weighted by Crippen LogP contribution is 2.31. The van der Waals surface area contributed by atoms with Gasteiger partial charge in [-0.15, -0.1) is 11.8 Å². The molecule has 0 saturated heterocycles.